The molecule has 8 nitrogen and oxygen atoms in total. The summed E-state index contributed by atoms with van der Waals surface area (Å²) in [7, 11) is 1.65. The lowest BCUT2D eigenvalue weighted by Gasteiger charge is -2.22. The first-order chi connectivity index (χ1) is 13.5. The van der Waals surface area contributed by atoms with E-state index in [1.165, 1.54) is 0 Å². The highest BCUT2D eigenvalue weighted by Crippen LogP contribution is 2.25. The third-order valence-electron chi connectivity index (χ3n) is 4.93. The summed E-state index contributed by atoms with van der Waals surface area (Å²) in [4.78, 5) is 22.2. The third-order valence-corrected chi connectivity index (χ3v) is 5.39. The van der Waals surface area contributed by atoms with Crippen molar-refractivity contribution in [1.29, 1.82) is 0 Å². The molecule has 9 heteroatoms. The van der Waals surface area contributed by atoms with Gasteiger partial charge in [-0.05, 0) is 37.1 Å². The standard InChI is InChI=1S/C19H22BrN5O3/c1-11-6-13(20)7-12(2)16(11)25-9-15-17(23-25)21-19(22-18(15)26)24-4-5-28-10-14(8-24)27-3/h6-7,9,14H,4-5,8,10H2,1-3H3,(H,21,22,23,26). The zero-order valence-electron chi connectivity index (χ0n) is 16.0. The van der Waals surface area contributed by atoms with Gasteiger partial charge >= 0.3 is 0 Å². The largest absolute Gasteiger partial charge is 0.377 e. The highest BCUT2D eigenvalue weighted by atomic mass is 79.9. The van der Waals surface area contributed by atoms with E-state index in [0.717, 1.165) is 21.3 Å². The van der Waals surface area contributed by atoms with Crippen LogP contribution in [0.4, 0.5) is 5.95 Å². The Bertz CT molecular complexity index is 1050. The second-order valence-corrected chi connectivity index (χ2v) is 7.88. The minimum absolute atomic E-state index is 0.0749. The van der Waals surface area contributed by atoms with E-state index in [1.807, 2.05) is 30.9 Å². The average Bonchev–Trinajstić information content (AvgIpc) is 2.91. The fourth-order valence-corrected chi connectivity index (χ4v) is 4.23. The van der Waals surface area contributed by atoms with E-state index < -0.39 is 0 Å². The number of aromatic nitrogens is 4. The lowest BCUT2D eigenvalue weighted by atomic mass is 10.1. The van der Waals surface area contributed by atoms with Gasteiger partial charge in [0.2, 0.25) is 5.95 Å². The van der Waals surface area contributed by atoms with Gasteiger partial charge in [0.25, 0.3) is 5.56 Å². The first-order valence-electron chi connectivity index (χ1n) is 9.08. The maximum Gasteiger partial charge on any atom is 0.263 e. The molecule has 1 fully saturated rings. The van der Waals surface area contributed by atoms with Gasteiger partial charge in [-0.2, -0.15) is 4.98 Å². The molecule has 4 rings (SSSR count). The van der Waals surface area contributed by atoms with Crippen molar-refractivity contribution in [2.24, 2.45) is 0 Å². The van der Waals surface area contributed by atoms with Crippen LogP contribution in [0.15, 0.2) is 27.6 Å². The molecule has 0 bridgehead atoms. The van der Waals surface area contributed by atoms with Crippen molar-refractivity contribution < 1.29 is 9.47 Å². The maximum absolute atomic E-state index is 12.7. The summed E-state index contributed by atoms with van der Waals surface area (Å²) >= 11 is 3.51. The van der Waals surface area contributed by atoms with Crippen LogP contribution in [0.1, 0.15) is 11.1 Å². The van der Waals surface area contributed by atoms with Gasteiger partial charge in [0.15, 0.2) is 5.65 Å². The fraction of sp³-hybridized carbons (Fsp3) is 0.421. The Morgan fingerprint density at radius 1 is 1.32 bits per heavy atom. The SMILES string of the molecule is COC1COCCN(c2nc3nn(-c4c(C)cc(Br)cc4C)cc3c(=O)[nH]2)C1. The summed E-state index contributed by atoms with van der Waals surface area (Å²) in [6.45, 7) is 6.33. The minimum Gasteiger partial charge on any atom is -0.377 e. The van der Waals surface area contributed by atoms with Crippen LogP contribution < -0.4 is 10.5 Å². The number of anilines is 1. The zero-order valence-corrected chi connectivity index (χ0v) is 17.6. The lowest BCUT2D eigenvalue weighted by Crippen LogP contribution is -2.35. The van der Waals surface area contributed by atoms with Crippen LogP contribution in [-0.2, 0) is 9.47 Å². The number of H-pyrrole nitrogens is 1. The van der Waals surface area contributed by atoms with Gasteiger partial charge in [-0.15, -0.1) is 5.10 Å². The second-order valence-electron chi connectivity index (χ2n) is 6.97. The Labute approximate surface area is 170 Å². The molecule has 0 radical (unpaired) electrons. The molecule has 3 heterocycles. The Balaban J connectivity index is 1.77. The summed E-state index contributed by atoms with van der Waals surface area (Å²) in [5, 5.41) is 5.05. The summed E-state index contributed by atoms with van der Waals surface area (Å²) in [6, 6.07) is 4.06. The van der Waals surface area contributed by atoms with E-state index in [-0.39, 0.29) is 11.7 Å². The van der Waals surface area contributed by atoms with Crippen LogP contribution >= 0.6 is 15.9 Å². The highest BCUT2D eigenvalue weighted by molar-refractivity contribution is 9.10. The predicted octanol–water partition coefficient (Wildman–Crippen LogP) is 2.34. The van der Waals surface area contributed by atoms with Crippen LogP contribution in [0, 0.1) is 13.8 Å². The normalized spacial score (nSPS) is 17.9. The first-order valence-corrected chi connectivity index (χ1v) is 9.88. The molecule has 1 aliphatic rings. The van der Waals surface area contributed by atoms with Crippen molar-refractivity contribution >= 4 is 32.9 Å². The molecule has 3 aromatic rings. The molecular weight excluding hydrogens is 426 g/mol. The molecule has 1 saturated heterocycles. The number of nitrogens with zero attached hydrogens (tertiary/aromatic N) is 4. The average molecular weight is 448 g/mol. The number of halogens is 1. The number of fused-ring (bicyclic) bond motifs is 1. The van der Waals surface area contributed by atoms with Crippen molar-refractivity contribution in [3.05, 3.63) is 44.3 Å². The number of hydrogen-bond donors (Lipinski definition) is 1. The molecule has 1 N–H and O–H groups in total. The Hall–Kier alpha value is -2.23. The molecular formula is C19H22BrN5O3. The molecule has 0 amide bonds. The van der Waals surface area contributed by atoms with Crippen molar-refractivity contribution in [2.45, 2.75) is 20.0 Å². The molecule has 2 aromatic heterocycles. The number of ether oxygens (including phenoxy) is 2. The smallest absolute Gasteiger partial charge is 0.263 e. The molecule has 1 aromatic carbocycles. The second kappa shape index (κ2) is 7.65. The van der Waals surface area contributed by atoms with Crippen LogP contribution in [0.5, 0.6) is 0 Å². The molecule has 148 valence electrons. The number of aromatic amines is 1. The molecule has 1 aliphatic heterocycles. The van der Waals surface area contributed by atoms with Crippen LogP contribution in [0.25, 0.3) is 16.7 Å². The summed E-state index contributed by atoms with van der Waals surface area (Å²) in [5.74, 6) is 0.486. The number of rotatable bonds is 3. The van der Waals surface area contributed by atoms with E-state index in [1.54, 1.807) is 18.0 Å². The third kappa shape index (κ3) is 3.57. The number of hydrogen-bond acceptors (Lipinski definition) is 6. The van der Waals surface area contributed by atoms with E-state index in [9.17, 15) is 4.79 Å². The summed E-state index contributed by atoms with van der Waals surface area (Å²) in [5.41, 5.74) is 3.27. The van der Waals surface area contributed by atoms with Gasteiger partial charge in [-0.1, -0.05) is 15.9 Å². The Morgan fingerprint density at radius 2 is 2.07 bits per heavy atom. The van der Waals surface area contributed by atoms with Gasteiger partial charge < -0.3 is 14.4 Å². The van der Waals surface area contributed by atoms with Gasteiger partial charge in [-0.25, -0.2) is 4.68 Å². The van der Waals surface area contributed by atoms with Crippen molar-refractivity contribution in [1.82, 2.24) is 19.7 Å². The van der Waals surface area contributed by atoms with Gasteiger partial charge in [0.05, 0.1) is 25.0 Å². The van der Waals surface area contributed by atoms with E-state index in [4.69, 9.17) is 9.47 Å². The lowest BCUT2D eigenvalue weighted by molar-refractivity contribution is 0.0286. The summed E-state index contributed by atoms with van der Waals surface area (Å²) in [6.07, 6.45) is 1.66. The van der Waals surface area contributed by atoms with E-state index in [0.29, 0.717) is 43.3 Å². The van der Waals surface area contributed by atoms with Gasteiger partial charge in [0, 0.05) is 30.9 Å². The molecule has 1 unspecified atom stereocenters. The predicted molar refractivity (Wildman–Crippen MR) is 110 cm³/mol. The van der Waals surface area contributed by atoms with Crippen molar-refractivity contribution in [2.75, 3.05) is 38.3 Å². The van der Waals surface area contributed by atoms with Crippen LogP contribution in [0.3, 0.4) is 0 Å². The summed E-state index contributed by atoms with van der Waals surface area (Å²) < 4.78 is 13.7. The quantitative estimate of drug-likeness (QED) is 0.662. The van der Waals surface area contributed by atoms with Gasteiger partial charge in [0.1, 0.15) is 5.39 Å². The van der Waals surface area contributed by atoms with E-state index >= 15 is 0 Å². The number of nitrogens with one attached hydrogen (secondary N) is 1. The topological polar surface area (TPSA) is 85.3 Å². The number of aryl methyl sites for hydroxylation is 2. The Morgan fingerprint density at radius 3 is 2.79 bits per heavy atom. The van der Waals surface area contributed by atoms with Crippen LogP contribution in [-0.4, -0.2) is 59.3 Å². The number of methoxy groups -OCH3 is 1. The molecule has 28 heavy (non-hydrogen) atoms. The van der Waals surface area contributed by atoms with Crippen molar-refractivity contribution in [3.63, 3.8) is 0 Å². The minimum atomic E-state index is -0.210. The molecule has 0 aliphatic carbocycles. The number of benzene rings is 1. The first kappa shape index (κ1) is 19.1. The van der Waals surface area contributed by atoms with Crippen molar-refractivity contribution in [3.8, 4) is 5.69 Å². The van der Waals surface area contributed by atoms with Crippen LogP contribution in [0.2, 0.25) is 0 Å². The Kier molecular flexibility index (Phi) is 5.22. The zero-order chi connectivity index (χ0) is 19.8. The maximum atomic E-state index is 12.7. The molecule has 0 saturated carbocycles. The van der Waals surface area contributed by atoms with Gasteiger partial charge in [-0.3, -0.25) is 9.78 Å². The molecule has 1 atom stereocenters. The monoisotopic (exact) mass is 447 g/mol. The fourth-order valence-electron chi connectivity index (χ4n) is 3.55. The molecule has 0 spiro atoms. The highest BCUT2D eigenvalue weighted by Gasteiger charge is 2.21. The van der Waals surface area contributed by atoms with E-state index in [2.05, 4.69) is 31.0 Å².